The Balaban J connectivity index is 1.96. The quantitative estimate of drug-likeness (QED) is 0.608. The number of nitrogens with one attached hydrogen (secondary N) is 1. The second kappa shape index (κ2) is 10.2. The van der Waals surface area contributed by atoms with Crippen LogP contribution in [-0.4, -0.2) is 13.7 Å². The van der Waals surface area contributed by atoms with Gasteiger partial charge in [-0.05, 0) is 19.5 Å². The van der Waals surface area contributed by atoms with Crippen molar-refractivity contribution < 1.29 is 9.15 Å². The number of unbranched alkanes of at least 4 members (excludes halogenated alkanes) is 5. The molecule has 0 aliphatic heterocycles. The summed E-state index contributed by atoms with van der Waals surface area (Å²) in [5, 5.41) is 3.10. The van der Waals surface area contributed by atoms with Crippen LogP contribution in [0.4, 0.5) is 0 Å². The van der Waals surface area contributed by atoms with E-state index in [0.29, 0.717) is 6.61 Å². The van der Waals surface area contributed by atoms with Crippen LogP contribution in [0, 0.1) is 0 Å². The first-order valence-electron chi connectivity index (χ1n) is 7.15. The molecule has 1 rings (SSSR count). The van der Waals surface area contributed by atoms with Crippen LogP contribution < -0.4 is 5.32 Å². The van der Waals surface area contributed by atoms with Gasteiger partial charge in [-0.1, -0.05) is 39.0 Å². The second-order valence-electron chi connectivity index (χ2n) is 4.77. The fourth-order valence-electron chi connectivity index (χ4n) is 1.96. The molecule has 0 saturated heterocycles. The minimum absolute atomic E-state index is 0.596. The van der Waals surface area contributed by atoms with Gasteiger partial charge in [0.2, 0.25) is 0 Å². The Hall–Kier alpha value is -0.800. The molecule has 0 aromatic carbocycles. The molecule has 0 amide bonds. The zero-order valence-corrected chi connectivity index (χ0v) is 11.8. The molecule has 3 nitrogen and oxygen atoms in total. The van der Waals surface area contributed by atoms with Crippen molar-refractivity contribution in [3.63, 3.8) is 0 Å². The van der Waals surface area contributed by atoms with Crippen LogP contribution >= 0.6 is 0 Å². The molecular formula is C15H27NO2. The maximum atomic E-state index is 5.60. The van der Waals surface area contributed by atoms with E-state index >= 15 is 0 Å². The minimum atomic E-state index is 0.596. The van der Waals surface area contributed by atoms with Crippen molar-refractivity contribution in [1.29, 1.82) is 0 Å². The number of hydrogen-bond acceptors (Lipinski definition) is 3. The summed E-state index contributed by atoms with van der Waals surface area (Å²) in [5.41, 5.74) is 1.18. The zero-order chi connectivity index (χ0) is 13.1. The average Bonchev–Trinajstić information content (AvgIpc) is 2.81. The summed E-state index contributed by atoms with van der Waals surface area (Å²) in [4.78, 5) is 0. The van der Waals surface area contributed by atoms with E-state index < -0.39 is 0 Å². The van der Waals surface area contributed by atoms with E-state index in [1.54, 1.807) is 6.26 Å². The molecule has 0 unspecified atom stereocenters. The van der Waals surface area contributed by atoms with Gasteiger partial charge in [-0.3, -0.25) is 0 Å². The van der Waals surface area contributed by atoms with Crippen molar-refractivity contribution in [2.24, 2.45) is 0 Å². The molecule has 1 aromatic rings. The summed E-state index contributed by atoms with van der Waals surface area (Å²) >= 11 is 0. The van der Waals surface area contributed by atoms with Crippen molar-refractivity contribution in [3.05, 3.63) is 23.7 Å². The van der Waals surface area contributed by atoms with Gasteiger partial charge >= 0.3 is 0 Å². The first-order chi connectivity index (χ1) is 8.86. The highest BCUT2D eigenvalue weighted by molar-refractivity contribution is 5.11. The molecule has 1 N–H and O–H groups in total. The molecule has 1 heterocycles. The Morgan fingerprint density at radius 2 is 1.94 bits per heavy atom. The van der Waals surface area contributed by atoms with Gasteiger partial charge in [0, 0.05) is 18.7 Å². The topological polar surface area (TPSA) is 34.4 Å². The van der Waals surface area contributed by atoms with Crippen LogP contribution in [0.3, 0.4) is 0 Å². The molecule has 0 atom stereocenters. The van der Waals surface area contributed by atoms with E-state index in [4.69, 9.17) is 9.15 Å². The van der Waals surface area contributed by atoms with E-state index in [-0.39, 0.29) is 0 Å². The number of ether oxygens (including phenoxy) is 1. The Labute approximate surface area is 111 Å². The fraction of sp³-hybridized carbons (Fsp3) is 0.733. The largest absolute Gasteiger partial charge is 0.467 e. The van der Waals surface area contributed by atoms with Crippen molar-refractivity contribution in [2.75, 3.05) is 13.7 Å². The molecule has 0 aliphatic carbocycles. The van der Waals surface area contributed by atoms with Gasteiger partial charge in [0.25, 0.3) is 0 Å². The summed E-state index contributed by atoms with van der Waals surface area (Å²) in [6, 6.07) is 2.05. The molecule has 0 bridgehead atoms. The van der Waals surface area contributed by atoms with Gasteiger partial charge in [-0.15, -0.1) is 0 Å². The first kappa shape index (κ1) is 15.3. The van der Waals surface area contributed by atoms with Gasteiger partial charge in [0.1, 0.15) is 12.4 Å². The second-order valence-corrected chi connectivity index (χ2v) is 4.77. The highest BCUT2D eigenvalue weighted by Crippen LogP contribution is 2.10. The lowest BCUT2D eigenvalue weighted by Gasteiger charge is -2.02. The van der Waals surface area contributed by atoms with Gasteiger partial charge in [0.15, 0.2) is 0 Å². The van der Waals surface area contributed by atoms with E-state index in [0.717, 1.165) is 25.3 Å². The minimum Gasteiger partial charge on any atom is -0.467 e. The van der Waals surface area contributed by atoms with Crippen molar-refractivity contribution in [3.8, 4) is 0 Å². The number of hydrogen-bond donors (Lipinski definition) is 1. The molecule has 3 heteroatoms. The van der Waals surface area contributed by atoms with Gasteiger partial charge in [-0.25, -0.2) is 0 Å². The molecule has 104 valence electrons. The molecule has 0 radical (unpaired) electrons. The van der Waals surface area contributed by atoms with Crippen LogP contribution in [0.5, 0.6) is 0 Å². The third kappa shape index (κ3) is 6.82. The van der Waals surface area contributed by atoms with Crippen LogP contribution in [0.2, 0.25) is 0 Å². The summed E-state index contributed by atoms with van der Waals surface area (Å²) in [5.74, 6) is 0.922. The standard InChI is InChI=1S/C15H27NO2/c1-3-4-5-6-7-8-9-17-13-15-10-14(11-16-2)12-18-15/h10,12,16H,3-9,11,13H2,1-2H3. The summed E-state index contributed by atoms with van der Waals surface area (Å²) < 4.78 is 11.0. The number of furan rings is 1. The normalized spacial score (nSPS) is 11.0. The molecular weight excluding hydrogens is 226 g/mol. The average molecular weight is 253 g/mol. The van der Waals surface area contributed by atoms with Crippen molar-refractivity contribution in [2.45, 2.75) is 58.6 Å². The molecule has 0 saturated carbocycles. The summed E-state index contributed by atoms with van der Waals surface area (Å²) in [7, 11) is 1.93. The smallest absolute Gasteiger partial charge is 0.129 e. The SMILES string of the molecule is CCCCCCCCOCc1cc(CNC)co1. The van der Waals surface area contributed by atoms with Crippen molar-refractivity contribution >= 4 is 0 Å². The summed E-state index contributed by atoms with van der Waals surface area (Å²) in [6.07, 6.45) is 9.61. The lowest BCUT2D eigenvalue weighted by molar-refractivity contribution is 0.102. The lowest BCUT2D eigenvalue weighted by Crippen LogP contribution is -2.03. The van der Waals surface area contributed by atoms with E-state index in [1.165, 1.54) is 37.7 Å². The van der Waals surface area contributed by atoms with Crippen LogP contribution in [0.1, 0.15) is 56.8 Å². The molecule has 1 aromatic heterocycles. The maximum absolute atomic E-state index is 5.60. The Morgan fingerprint density at radius 3 is 2.72 bits per heavy atom. The maximum Gasteiger partial charge on any atom is 0.129 e. The predicted molar refractivity (Wildman–Crippen MR) is 74.5 cm³/mol. The van der Waals surface area contributed by atoms with Crippen LogP contribution in [0.15, 0.2) is 16.7 Å². The Morgan fingerprint density at radius 1 is 1.17 bits per heavy atom. The predicted octanol–water partition coefficient (Wildman–Crippen LogP) is 3.88. The Bertz CT molecular complexity index is 296. The van der Waals surface area contributed by atoms with E-state index in [2.05, 4.69) is 18.3 Å². The highest BCUT2D eigenvalue weighted by Gasteiger charge is 2.01. The van der Waals surface area contributed by atoms with Gasteiger partial charge in [-0.2, -0.15) is 0 Å². The van der Waals surface area contributed by atoms with Gasteiger partial charge in [0.05, 0.1) is 6.26 Å². The molecule has 0 aliphatic rings. The first-order valence-corrected chi connectivity index (χ1v) is 7.15. The van der Waals surface area contributed by atoms with E-state index in [1.807, 2.05) is 7.05 Å². The monoisotopic (exact) mass is 253 g/mol. The van der Waals surface area contributed by atoms with Crippen molar-refractivity contribution in [1.82, 2.24) is 5.32 Å². The van der Waals surface area contributed by atoms with Crippen LogP contribution in [0.25, 0.3) is 0 Å². The molecule has 0 spiro atoms. The van der Waals surface area contributed by atoms with E-state index in [9.17, 15) is 0 Å². The third-order valence-electron chi connectivity index (χ3n) is 2.98. The fourth-order valence-corrected chi connectivity index (χ4v) is 1.96. The lowest BCUT2D eigenvalue weighted by atomic mass is 10.1. The Kier molecular flexibility index (Phi) is 8.61. The number of rotatable bonds is 11. The third-order valence-corrected chi connectivity index (χ3v) is 2.98. The van der Waals surface area contributed by atoms with Gasteiger partial charge < -0.3 is 14.5 Å². The highest BCUT2D eigenvalue weighted by atomic mass is 16.5. The molecule has 18 heavy (non-hydrogen) atoms. The summed E-state index contributed by atoms with van der Waals surface area (Å²) in [6.45, 7) is 4.53. The van der Waals surface area contributed by atoms with Crippen LogP contribution in [-0.2, 0) is 17.9 Å². The molecule has 0 fully saturated rings. The zero-order valence-electron chi connectivity index (χ0n) is 11.8.